The SMILES string of the molecule is c1ccc(-c2c3ccccc3c(-c3ccc(-c4cc(-c5cc6cccc7ccc8cccc5c8c76)cc(-c5cc6cccc7ccc8cccc5c8c76)c4)cc3)c3ccccc23)cc1. The number of hydrogen-bond acceptors (Lipinski definition) is 0. The summed E-state index contributed by atoms with van der Waals surface area (Å²) in [4.78, 5) is 0. The van der Waals surface area contributed by atoms with Gasteiger partial charge in [-0.25, -0.2) is 0 Å². The zero-order valence-electron chi connectivity index (χ0n) is 34.9. The Morgan fingerprint density at radius 2 is 0.516 bits per heavy atom. The molecule has 14 aromatic carbocycles. The predicted molar refractivity (Wildman–Crippen MR) is 276 cm³/mol. The molecule has 0 heterocycles. The van der Waals surface area contributed by atoms with Crippen molar-refractivity contribution < 1.29 is 0 Å². The Hall–Kier alpha value is -8.32. The lowest BCUT2D eigenvalue weighted by atomic mass is 9.84. The van der Waals surface area contributed by atoms with Gasteiger partial charge in [-0.2, -0.15) is 0 Å². The number of rotatable bonds is 5. The molecule has 0 spiro atoms. The Bertz CT molecular complexity index is 3930. The predicted octanol–water partition coefficient (Wildman–Crippen LogP) is 18.1. The lowest BCUT2D eigenvalue weighted by Gasteiger charge is -2.19. The zero-order valence-corrected chi connectivity index (χ0v) is 34.9. The van der Waals surface area contributed by atoms with E-state index < -0.39 is 0 Å². The van der Waals surface area contributed by atoms with Crippen molar-refractivity contribution in [3.05, 3.63) is 231 Å². The van der Waals surface area contributed by atoms with E-state index in [0.717, 1.165) is 0 Å². The minimum Gasteiger partial charge on any atom is -0.0622 e. The lowest BCUT2D eigenvalue weighted by Crippen LogP contribution is -1.92. The summed E-state index contributed by atoms with van der Waals surface area (Å²) in [6.07, 6.45) is 0. The molecule has 0 N–H and O–H groups in total. The zero-order chi connectivity index (χ0) is 41.9. The van der Waals surface area contributed by atoms with E-state index in [9.17, 15) is 0 Å². The van der Waals surface area contributed by atoms with Crippen LogP contribution in [0.1, 0.15) is 0 Å². The molecule has 0 aliphatic carbocycles. The second-order valence-electron chi connectivity index (χ2n) is 17.5. The highest BCUT2D eigenvalue weighted by atomic mass is 14.2. The molecule has 0 saturated heterocycles. The smallest absolute Gasteiger partial charge is 0.00206 e. The second-order valence-corrected chi connectivity index (χ2v) is 17.5. The minimum absolute atomic E-state index is 1.19. The fourth-order valence-electron chi connectivity index (χ4n) is 11.3. The third kappa shape index (κ3) is 5.17. The van der Waals surface area contributed by atoms with Crippen molar-refractivity contribution >= 4 is 86.2 Å². The maximum Gasteiger partial charge on any atom is -0.00206 e. The highest BCUT2D eigenvalue weighted by Crippen LogP contribution is 2.47. The van der Waals surface area contributed by atoms with Gasteiger partial charge < -0.3 is 0 Å². The molecule has 0 nitrogen and oxygen atoms in total. The van der Waals surface area contributed by atoms with Crippen LogP contribution in [0, 0.1) is 0 Å². The van der Waals surface area contributed by atoms with E-state index in [1.54, 1.807) is 0 Å². The fourth-order valence-corrected chi connectivity index (χ4v) is 11.3. The molecule has 0 heteroatoms. The molecular weight excluding hydrogens is 769 g/mol. The first kappa shape index (κ1) is 35.3. The van der Waals surface area contributed by atoms with Gasteiger partial charge in [0.05, 0.1) is 0 Å². The van der Waals surface area contributed by atoms with Crippen molar-refractivity contribution in [1.29, 1.82) is 0 Å². The Morgan fingerprint density at radius 1 is 0.172 bits per heavy atom. The van der Waals surface area contributed by atoms with Gasteiger partial charge in [-0.1, -0.05) is 200 Å². The summed E-state index contributed by atoms with van der Waals surface area (Å²) in [6, 6.07) is 86.3. The van der Waals surface area contributed by atoms with Gasteiger partial charge in [0.2, 0.25) is 0 Å². The Balaban J connectivity index is 1.01. The van der Waals surface area contributed by atoms with E-state index in [1.807, 2.05) is 0 Å². The van der Waals surface area contributed by atoms with Gasteiger partial charge >= 0.3 is 0 Å². The summed E-state index contributed by atoms with van der Waals surface area (Å²) in [5.41, 5.74) is 12.3. The monoisotopic (exact) mass is 806 g/mol. The first-order valence-electron chi connectivity index (χ1n) is 22.3. The van der Waals surface area contributed by atoms with Gasteiger partial charge in [0.15, 0.2) is 0 Å². The first-order valence-corrected chi connectivity index (χ1v) is 22.3. The van der Waals surface area contributed by atoms with E-state index in [1.165, 1.54) is 142 Å². The molecular formula is C64H38. The van der Waals surface area contributed by atoms with Crippen LogP contribution < -0.4 is 0 Å². The standard InChI is InChI=1S/C64H38/c1-2-12-40(13-3-1)61-51-20-4-6-22-53(51)62(54-23-7-5-21-52(54)61)45-28-26-39(27-29-45)48-34-49(57-37-46-18-8-14-41-30-32-43-16-10-24-55(57)63(43)59(41)46)36-50(35-48)58-38-47-19-9-15-42-31-33-44-17-11-25-56(58)64(44)60(42)47/h1-38H. The van der Waals surface area contributed by atoms with Crippen molar-refractivity contribution in [3.8, 4) is 55.6 Å². The Morgan fingerprint density at radius 3 is 0.984 bits per heavy atom. The van der Waals surface area contributed by atoms with Gasteiger partial charge in [0.1, 0.15) is 0 Å². The van der Waals surface area contributed by atoms with E-state index in [4.69, 9.17) is 0 Å². The Labute approximate surface area is 370 Å². The van der Waals surface area contributed by atoms with E-state index in [0.29, 0.717) is 0 Å². The van der Waals surface area contributed by atoms with Crippen LogP contribution in [0.4, 0.5) is 0 Å². The quantitative estimate of drug-likeness (QED) is 0.120. The van der Waals surface area contributed by atoms with Crippen LogP contribution in [0.3, 0.4) is 0 Å². The van der Waals surface area contributed by atoms with E-state index in [2.05, 4.69) is 231 Å². The fraction of sp³-hybridized carbons (Fsp3) is 0. The molecule has 0 amide bonds. The molecule has 0 unspecified atom stereocenters. The van der Waals surface area contributed by atoms with Crippen LogP contribution in [-0.2, 0) is 0 Å². The molecule has 0 aliphatic rings. The topological polar surface area (TPSA) is 0 Å². The van der Waals surface area contributed by atoms with Crippen LogP contribution in [0.5, 0.6) is 0 Å². The van der Waals surface area contributed by atoms with Gasteiger partial charge in [-0.3, -0.25) is 0 Å². The number of fused-ring (bicyclic) bond motifs is 2. The molecule has 0 radical (unpaired) electrons. The van der Waals surface area contributed by atoms with E-state index >= 15 is 0 Å². The maximum absolute atomic E-state index is 2.45. The summed E-state index contributed by atoms with van der Waals surface area (Å²) in [7, 11) is 0. The summed E-state index contributed by atoms with van der Waals surface area (Å²) < 4.78 is 0. The van der Waals surface area contributed by atoms with Gasteiger partial charge in [-0.05, 0) is 172 Å². The number of benzene rings is 14. The molecule has 0 saturated carbocycles. The second kappa shape index (κ2) is 13.6. The van der Waals surface area contributed by atoms with Crippen molar-refractivity contribution in [2.45, 2.75) is 0 Å². The first-order chi connectivity index (χ1) is 31.7. The van der Waals surface area contributed by atoms with Crippen molar-refractivity contribution in [2.24, 2.45) is 0 Å². The van der Waals surface area contributed by atoms with Crippen molar-refractivity contribution in [3.63, 3.8) is 0 Å². The van der Waals surface area contributed by atoms with Crippen molar-refractivity contribution in [2.75, 3.05) is 0 Å². The minimum atomic E-state index is 1.19. The average Bonchev–Trinajstić information content (AvgIpc) is 3.36. The third-order valence-corrected chi connectivity index (χ3v) is 14.1. The molecule has 0 atom stereocenters. The van der Waals surface area contributed by atoms with Crippen molar-refractivity contribution in [1.82, 2.24) is 0 Å². The molecule has 0 aliphatic heterocycles. The summed E-state index contributed by atoms with van der Waals surface area (Å²) in [6.45, 7) is 0. The highest BCUT2D eigenvalue weighted by Gasteiger charge is 2.20. The molecule has 64 heavy (non-hydrogen) atoms. The average molecular weight is 807 g/mol. The molecule has 294 valence electrons. The summed E-state index contributed by atoms with van der Waals surface area (Å²) >= 11 is 0. The molecule has 0 bridgehead atoms. The lowest BCUT2D eigenvalue weighted by molar-refractivity contribution is 1.59. The van der Waals surface area contributed by atoms with Crippen LogP contribution in [0.15, 0.2) is 231 Å². The molecule has 14 rings (SSSR count). The maximum atomic E-state index is 2.45. The number of hydrogen-bond donors (Lipinski definition) is 0. The molecule has 0 aromatic heterocycles. The largest absolute Gasteiger partial charge is 0.0622 e. The highest BCUT2D eigenvalue weighted by molar-refractivity contribution is 6.28. The van der Waals surface area contributed by atoms with Crippen LogP contribution >= 0.6 is 0 Å². The van der Waals surface area contributed by atoms with Crippen LogP contribution in [0.25, 0.3) is 142 Å². The normalized spacial score (nSPS) is 12.1. The summed E-state index contributed by atoms with van der Waals surface area (Å²) in [5, 5.41) is 20.7. The molecule has 0 fully saturated rings. The Kier molecular flexibility index (Phi) is 7.49. The third-order valence-electron chi connectivity index (χ3n) is 14.1. The van der Waals surface area contributed by atoms with Gasteiger partial charge in [0, 0.05) is 0 Å². The van der Waals surface area contributed by atoms with Crippen LogP contribution in [-0.4, -0.2) is 0 Å². The van der Waals surface area contributed by atoms with Gasteiger partial charge in [0.25, 0.3) is 0 Å². The van der Waals surface area contributed by atoms with E-state index in [-0.39, 0.29) is 0 Å². The van der Waals surface area contributed by atoms with Gasteiger partial charge in [-0.15, -0.1) is 0 Å². The summed E-state index contributed by atoms with van der Waals surface area (Å²) in [5.74, 6) is 0. The van der Waals surface area contributed by atoms with Crippen LogP contribution in [0.2, 0.25) is 0 Å². The molecule has 14 aromatic rings.